The van der Waals surface area contributed by atoms with Gasteiger partial charge in [-0.15, -0.1) is 0 Å². The van der Waals surface area contributed by atoms with Gasteiger partial charge in [0.1, 0.15) is 5.60 Å². The maximum Gasteiger partial charge on any atom is 0.252 e. The van der Waals surface area contributed by atoms with E-state index in [4.69, 9.17) is 9.84 Å². The summed E-state index contributed by atoms with van der Waals surface area (Å²) in [4.78, 5) is 11.5. The van der Waals surface area contributed by atoms with Gasteiger partial charge in [-0.2, -0.15) is 0 Å². The molecule has 0 aliphatic rings. The summed E-state index contributed by atoms with van der Waals surface area (Å²) >= 11 is 0. The summed E-state index contributed by atoms with van der Waals surface area (Å²) in [5.41, 5.74) is -1.46. The predicted molar refractivity (Wildman–Crippen MR) is 50.4 cm³/mol. The number of hydrogen-bond acceptors (Lipinski definition) is 3. The van der Waals surface area contributed by atoms with E-state index in [1.165, 1.54) is 7.11 Å². The average Bonchev–Trinajstić information content (AvgIpc) is 2.04. The molecule has 0 saturated carbocycles. The standard InChI is InChI=1S/C9H19NO3/c1-8(2,6-11)10-7(12)9(3,4)13-5/h11H,6H2,1-5H3,(H,10,12). The van der Waals surface area contributed by atoms with Crippen LogP contribution >= 0.6 is 0 Å². The molecule has 0 aliphatic heterocycles. The minimum Gasteiger partial charge on any atom is -0.394 e. The third kappa shape index (κ3) is 3.74. The van der Waals surface area contributed by atoms with Gasteiger partial charge in [0.05, 0.1) is 12.1 Å². The van der Waals surface area contributed by atoms with Gasteiger partial charge in [0.2, 0.25) is 0 Å². The largest absolute Gasteiger partial charge is 0.394 e. The van der Waals surface area contributed by atoms with E-state index in [2.05, 4.69) is 5.32 Å². The van der Waals surface area contributed by atoms with E-state index in [9.17, 15) is 4.79 Å². The number of methoxy groups -OCH3 is 1. The van der Waals surface area contributed by atoms with E-state index in [1.807, 2.05) is 0 Å². The first-order valence-electron chi connectivity index (χ1n) is 4.24. The van der Waals surface area contributed by atoms with E-state index >= 15 is 0 Å². The van der Waals surface area contributed by atoms with Crippen LogP contribution in [-0.4, -0.2) is 35.9 Å². The van der Waals surface area contributed by atoms with Gasteiger partial charge < -0.3 is 15.2 Å². The molecule has 4 heteroatoms. The summed E-state index contributed by atoms with van der Waals surface area (Å²) in [5, 5.41) is 11.6. The molecule has 0 radical (unpaired) electrons. The van der Waals surface area contributed by atoms with E-state index < -0.39 is 11.1 Å². The van der Waals surface area contributed by atoms with Crippen molar-refractivity contribution in [3.8, 4) is 0 Å². The monoisotopic (exact) mass is 189 g/mol. The van der Waals surface area contributed by atoms with E-state index in [1.54, 1.807) is 27.7 Å². The van der Waals surface area contributed by atoms with Crippen molar-refractivity contribution in [3.05, 3.63) is 0 Å². The molecular formula is C9H19NO3. The highest BCUT2D eigenvalue weighted by Gasteiger charge is 2.31. The Morgan fingerprint density at radius 3 is 2.15 bits per heavy atom. The SMILES string of the molecule is COC(C)(C)C(=O)NC(C)(C)CO. The molecule has 0 fully saturated rings. The molecule has 0 atom stereocenters. The Morgan fingerprint density at radius 2 is 1.85 bits per heavy atom. The zero-order valence-corrected chi connectivity index (χ0v) is 8.97. The first-order valence-corrected chi connectivity index (χ1v) is 4.24. The molecule has 0 aromatic carbocycles. The number of nitrogens with one attached hydrogen (secondary N) is 1. The van der Waals surface area contributed by atoms with Gasteiger partial charge in [0, 0.05) is 7.11 Å². The molecule has 0 spiro atoms. The van der Waals surface area contributed by atoms with Crippen LogP contribution in [0.4, 0.5) is 0 Å². The summed E-state index contributed by atoms with van der Waals surface area (Å²) in [6.07, 6.45) is 0. The third-order valence-electron chi connectivity index (χ3n) is 1.90. The minimum absolute atomic E-state index is 0.0987. The zero-order chi connectivity index (χ0) is 10.7. The van der Waals surface area contributed by atoms with Crippen molar-refractivity contribution in [2.45, 2.75) is 38.8 Å². The van der Waals surface area contributed by atoms with Crippen molar-refractivity contribution in [2.24, 2.45) is 0 Å². The zero-order valence-electron chi connectivity index (χ0n) is 8.97. The Kier molecular flexibility index (Phi) is 3.88. The maximum absolute atomic E-state index is 11.5. The second-order valence-corrected chi connectivity index (χ2v) is 4.21. The number of carbonyl (C=O) groups is 1. The Hall–Kier alpha value is -0.610. The number of aliphatic hydroxyl groups is 1. The van der Waals surface area contributed by atoms with Gasteiger partial charge in [-0.3, -0.25) is 4.79 Å². The Balaban J connectivity index is 4.31. The lowest BCUT2D eigenvalue weighted by molar-refractivity contribution is -0.141. The molecule has 0 saturated heterocycles. The fourth-order valence-electron chi connectivity index (χ4n) is 0.590. The number of aliphatic hydroxyl groups excluding tert-OH is 1. The van der Waals surface area contributed by atoms with E-state index in [-0.39, 0.29) is 12.5 Å². The fourth-order valence-corrected chi connectivity index (χ4v) is 0.590. The van der Waals surface area contributed by atoms with Gasteiger partial charge in [-0.1, -0.05) is 0 Å². The molecule has 0 aromatic heterocycles. The summed E-state index contributed by atoms with van der Waals surface area (Å²) in [5.74, 6) is -0.228. The van der Waals surface area contributed by atoms with Crippen LogP contribution in [0, 0.1) is 0 Å². The molecule has 0 aromatic rings. The Bertz CT molecular complexity index is 187. The molecule has 0 heterocycles. The second-order valence-electron chi connectivity index (χ2n) is 4.21. The Labute approximate surface area is 79.3 Å². The number of amides is 1. The summed E-state index contributed by atoms with van der Waals surface area (Å²) in [7, 11) is 1.48. The van der Waals surface area contributed by atoms with Crippen LogP contribution in [0.5, 0.6) is 0 Å². The van der Waals surface area contributed by atoms with Gasteiger partial charge in [0.25, 0.3) is 5.91 Å². The van der Waals surface area contributed by atoms with E-state index in [0.717, 1.165) is 0 Å². The highest BCUT2D eigenvalue weighted by atomic mass is 16.5. The van der Waals surface area contributed by atoms with Crippen LogP contribution in [0.1, 0.15) is 27.7 Å². The van der Waals surface area contributed by atoms with Crippen LogP contribution < -0.4 is 5.32 Å². The van der Waals surface area contributed by atoms with Crippen LogP contribution in [-0.2, 0) is 9.53 Å². The normalized spacial score (nSPS) is 12.8. The van der Waals surface area contributed by atoms with Crippen LogP contribution in [0.25, 0.3) is 0 Å². The molecule has 0 rings (SSSR count). The molecule has 0 bridgehead atoms. The molecule has 0 unspecified atom stereocenters. The van der Waals surface area contributed by atoms with Gasteiger partial charge in [-0.25, -0.2) is 0 Å². The first-order chi connectivity index (χ1) is 5.75. The lowest BCUT2D eigenvalue weighted by Crippen LogP contribution is -2.54. The molecule has 78 valence electrons. The molecular weight excluding hydrogens is 170 g/mol. The van der Waals surface area contributed by atoms with Crippen molar-refractivity contribution in [2.75, 3.05) is 13.7 Å². The summed E-state index contributed by atoms with van der Waals surface area (Å²) in [6.45, 7) is 6.75. The van der Waals surface area contributed by atoms with Gasteiger partial charge >= 0.3 is 0 Å². The predicted octanol–water partition coefficient (Wildman–Crippen LogP) is 0.299. The van der Waals surface area contributed by atoms with Crippen molar-refractivity contribution < 1.29 is 14.6 Å². The van der Waals surface area contributed by atoms with Gasteiger partial charge in [-0.05, 0) is 27.7 Å². The highest BCUT2D eigenvalue weighted by molar-refractivity contribution is 5.84. The fraction of sp³-hybridized carbons (Fsp3) is 0.889. The lowest BCUT2D eigenvalue weighted by atomic mass is 10.0. The highest BCUT2D eigenvalue weighted by Crippen LogP contribution is 2.10. The molecule has 2 N–H and O–H groups in total. The van der Waals surface area contributed by atoms with E-state index in [0.29, 0.717) is 0 Å². The van der Waals surface area contributed by atoms with Crippen molar-refractivity contribution in [1.82, 2.24) is 5.32 Å². The Morgan fingerprint density at radius 1 is 1.38 bits per heavy atom. The van der Waals surface area contributed by atoms with Crippen molar-refractivity contribution >= 4 is 5.91 Å². The molecule has 13 heavy (non-hydrogen) atoms. The maximum atomic E-state index is 11.5. The molecule has 4 nitrogen and oxygen atoms in total. The van der Waals surface area contributed by atoms with Crippen molar-refractivity contribution in [1.29, 1.82) is 0 Å². The van der Waals surface area contributed by atoms with Crippen LogP contribution in [0.15, 0.2) is 0 Å². The van der Waals surface area contributed by atoms with Crippen molar-refractivity contribution in [3.63, 3.8) is 0 Å². The topological polar surface area (TPSA) is 58.6 Å². The first kappa shape index (κ1) is 12.4. The summed E-state index contributed by atoms with van der Waals surface area (Å²) in [6, 6.07) is 0. The second kappa shape index (κ2) is 4.07. The number of rotatable bonds is 4. The molecule has 0 aliphatic carbocycles. The minimum atomic E-state index is -0.855. The quantitative estimate of drug-likeness (QED) is 0.668. The van der Waals surface area contributed by atoms with Crippen LogP contribution in [0.3, 0.4) is 0 Å². The molecule has 1 amide bonds. The van der Waals surface area contributed by atoms with Crippen LogP contribution in [0.2, 0.25) is 0 Å². The average molecular weight is 189 g/mol. The number of ether oxygens (including phenoxy) is 1. The number of hydrogen-bond donors (Lipinski definition) is 2. The smallest absolute Gasteiger partial charge is 0.252 e. The third-order valence-corrected chi connectivity index (χ3v) is 1.90. The van der Waals surface area contributed by atoms with Gasteiger partial charge in [0.15, 0.2) is 0 Å². The lowest BCUT2D eigenvalue weighted by Gasteiger charge is -2.29. The number of carbonyl (C=O) groups excluding carboxylic acids is 1. The summed E-state index contributed by atoms with van der Waals surface area (Å²) < 4.78 is 5.00.